The van der Waals surface area contributed by atoms with Crippen LogP contribution in [-0.2, 0) is 9.53 Å². The number of hydrogen-bond donors (Lipinski definition) is 0. The molecule has 8 heavy (non-hydrogen) atoms. The molecule has 0 fully saturated rings. The van der Waals surface area contributed by atoms with Crippen LogP contribution in [0.5, 0.6) is 0 Å². The molecule has 0 saturated heterocycles. The topological polar surface area (TPSA) is 26.3 Å². The van der Waals surface area contributed by atoms with E-state index in [4.69, 9.17) is 0 Å². The van der Waals surface area contributed by atoms with Gasteiger partial charge in [0, 0.05) is 0 Å². The lowest BCUT2D eigenvalue weighted by Crippen LogP contribution is -1.81. The Balaban J connectivity index is 3.44. The standard InChI is InChI=1S/C6H10O2/c1-3-4-6(2)8-5-7/h4-5H,3H2,1-2H3/b6-4+. The molecule has 2 nitrogen and oxygen atoms in total. The van der Waals surface area contributed by atoms with Gasteiger partial charge in [-0.15, -0.1) is 0 Å². The summed E-state index contributed by atoms with van der Waals surface area (Å²) in [6.07, 6.45) is 2.74. The Hall–Kier alpha value is -0.790. The Morgan fingerprint density at radius 2 is 2.38 bits per heavy atom. The fourth-order valence-electron chi connectivity index (χ4n) is 0.411. The Morgan fingerprint density at radius 3 is 2.75 bits per heavy atom. The van der Waals surface area contributed by atoms with E-state index in [-0.39, 0.29) is 0 Å². The highest BCUT2D eigenvalue weighted by Gasteiger charge is 1.81. The summed E-state index contributed by atoms with van der Waals surface area (Å²) >= 11 is 0. The second-order valence-corrected chi connectivity index (χ2v) is 1.44. The molecule has 0 rings (SSSR count). The van der Waals surface area contributed by atoms with Gasteiger partial charge in [0.1, 0.15) is 5.76 Å². The van der Waals surface area contributed by atoms with E-state index >= 15 is 0 Å². The van der Waals surface area contributed by atoms with Gasteiger partial charge in [-0.05, 0) is 19.4 Å². The Labute approximate surface area is 49.1 Å². The second kappa shape index (κ2) is 4.37. The summed E-state index contributed by atoms with van der Waals surface area (Å²) in [6.45, 7) is 4.16. The van der Waals surface area contributed by atoms with Crippen LogP contribution in [0.15, 0.2) is 11.8 Å². The van der Waals surface area contributed by atoms with Crippen molar-refractivity contribution in [1.82, 2.24) is 0 Å². The second-order valence-electron chi connectivity index (χ2n) is 1.44. The first-order valence-electron chi connectivity index (χ1n) is 2.58. The molecule has 0 unspecified atom stereocenters. The van der Waals surface area contributed by atoms with Gasteiger partial charge in [0.05, 0.1) is 0 Å². The summed E-state index contributed by atoms with van der Waals surface area (Å²) in [6, 6.07) is 0. The molecule has 46 valence electrons. The number of rotatable bonds is 3. The molecule has 0 aromatic rings. The molecule has 0 radical (unpaired) electrons. The van der Waals surface area contributed by atoms with Crippen molar-refractivity contribution in [3.8, 4) is 0 Å². The molecule has 0 aromatic carbocycles. The van der Waals surface area contributed by atoms with Gasteiger partial charge in [-0.1, -0.05) is 6.92 Å². The molecule has 0 N–H and O–H groups in total. The minimum atomic E-state index is 0.432. The van der Waals surface area contributed by atoms with Crippen molar-refractivity contribution in [3.63, 3.8) is 0 Å². The highest BCUT2D eigenvalue weighted by atomic mass is 16.5. The minimum absolute atomic E-state index is 0.432. The average Bonchev–Trinajstić information content (AvgIpc) is 1.68. The van der Waals surface area contributed by atoms with E-state index in [0.29, 0.717) is 12.2 Å². The summed E-state index contributed by atoms with van der Waals surface area (Å²) in [7, 11) is 0. The molecular formula is C6H10O2. The van der Waals surface area contributed by atoms with Crippen LogP contribution in [0.2, 0.25) is 0 Å². The maximum absolute atomic E-state index is 9.63. The van der Waals surface area contributed by atoms with Crippen LogP contribution in [-0.4, -0.2) is 6.47 Å². The first-order valence-corrected chi connectivity index (χ1v) is 2.58. The fourth-order valence-corrected chi connectivity index (χ4v) is 0.411. The molecule has 0 heterocycles. The van der Waals surface area contributed by atoms with Gasteiger partial charge in [0.25, 0.3) is 6.47 Å². The maximum atomic E-state index is 9.63. The van der Waals surface area contributed by atoms with E-state index < -0.39 is 0 Å². The first-order chi connectivity index (χ1) is 3.81. The summed E-state index contributed by atoms with van der Waals surface area (Å²) in [5.74, 6) is 0.669. The molecule has 0 aliphatic rings. The van der Waals surface area contributed by atoms with E-state index in [2.05, 4.69) is 4.74 Å². The first kappa shape index (κ1) is 7.21. The minimum Gasteiger partial charge on any atom is -0.434 e. The summed E-state index contributed by atoms with van der Waals surface area (Å²) < 4.78 is 4.46. The van der Waals surface area contributed by atoms with Crippen molar-refractivity contribution in [1.29, 1.82) is 0 Å². The zero-order valence-corrected chi connectivity index (χ0v) is 5.18. The number of carbonyl (C=O) groups excluding carboxylic acids is 1. The predicted octanol–water partition coefficient (Wildman–Crippen LogP) is 1.47. The summed E-state index contributed by atoms with van der Waals surface area (Å²) in [5.41, 5.74) is 0. The van der Waals surface area contributed by atoms with Crippen LogP contribution in [0.1, 0.15) is 20.3 Å². The molecule has 0 aromatic heterocycles. The third kappa shape index (κ3) is 3.40. The monoisotopic (exact) mass is 114 g/mol. The highest BCUT2D eigenvalue weighted by Crippen LogP contribution is 1.93. The van der Waals surface area contributed by atoms with Crippen molar-refractivity contribution in [2.45, 2.75) is 20.3 Å². The van der Waals surface area contributed by atoms with Gasteiger partial charge in [0.2, 0.25) is 0 Å². The zero-order chi connectivity index (χ0) is 6.41. The largest absolute Gasteiger partial charge is 0.434 e. The van der Waals surface area contributed by atoms with Gasteiger partial charge < -0.3 is 4.74 Å². The predicted molar refractivity (Wildman–Crippen MR) is 31.2 cm³/mol. The fraction of sp³-hybridized carbons (Fsp3) is 0.500. The van der Waals surface area contributed by atoms with Crippen LogP contribution < -0.4 is 0 Å². The Bertz CT molecular complexity index is 94.7. The van der Waals surface area contributed by atoms with Crippen molar-refractivity contribution in [2.75, 3.05) is 0 Å². The van der Waals surface area contributed by atoms with Crippen molar-refractivity contribution in [2.24, 2.45) is 0 Å². The van der Waals surface area contributed by atoms with Crippen LogP contribution in [0.4, 0.5) is 0 Å². The normalized spacial score (nSPS) is 11.0. The van der Waals surface area contributed by atoms with E-state index in [1.165, 1.54) is 0 Å². The van der Waals surface area contributed by atoms with E-state index in [1.54, 1.807) is 6.92 Å². The third-order valence-corrected chi connectivity index (χ3v) is 0.726. The van der Waals surface area contributed by atoms with Crippen molar-refractivity contribution in [3.05, 3.63) is 11.8 Å². The van der Waals surface area contributed by atoms with Crippen molar-refractivity contribution < 1.29 is 9.53 Å². The third-order valence-electron chi connectivity index (χ3n) is 0.726. The van der Waals surface area contributed by atoms with Gasteiger partial charge in [0.15, 0.2) is 0 Å². The van der Waals surface area contributed by atoms with Gasteiger partial charge in [-0.3, -0.25) is 4.79 Å². The summed E-state index contributed by atoms with van der Waals surface area (Å²) in [5, 5.41) is 0. The Kier molecular flexibility index (Phi) is 3.94. The lowest BCUT2D eigenvalue weighted by Gasteiger charge is -1.91. The average molecular weight is 114 g/mol. The number of carbonyl (C=O) groups is 1. The van der Waals surface area contributed by atoms with Crippen molar-refractivity contribution >= 4 is 6.47 Å². The Morgan fingerprint density at radius 1 is 1.75 bits per heavy atom. The molecule has 0 bridgehead atoms. The zero-order valence-electron chi connectivity index (χ0n) is 5.18. The van der Waals surface area contributed by atoms with Crippen LogP contribution >= 0.6 is 0 Å². The van der Waals surface area contributed by atoms with Crippen LogP contribution in [0, 0.1) is 0 Å². The molecule has 0 aliphatic heterocycles. The van der Waals surface area contributed by atoms with Crippen LogP contribution in [0.3, 0.4) is 0 Å². The molecule has 0 saturated carbocycles. The van der Waals surface area contributed by atoms with E-state index in [9.17, 15) is 4.79 Å². The van der Waals surface area contributed by atoms with Gasteiger partial charge in [-0.25, -0.2) is 0 Å². The summed E-state index contributed by atoms with van der Waals surface area (Å²) in [4.78, 5) is 9.63. The number of allylic oxidation sites excluding steroid dienone is 2. The smallest absolute Gasteiger partial charge is 0.298 e. The van der Waals surface area contributed by atoms with E-state index in [0.717, 1.165) is 6.42 Å². The molecular weight excluding hydrogens is 104 g/mol. The number of hydrogen-bond acceptors (Lipinski definition) is 2. The molecule has 0 spiro atoms. The van der Waals surface area contributed by atoms with Crippen LogP contribution in [0.25, 0.3) is 0 Å². The highest BCUT2D eigenvalue weighted by molar-refractivity contribution is 5.39. The van der Waals surface area contributed by atoms with Gasteiger partial charge in [-0.2, -0.15) is 0 Å². The SMILES string of the molecule is CC/C=C(\C)OC=O. The lowest BCUT2D eigenvalue weighted by molar-refractivity contribution is -0.125. The van der Waals surface area contributed by atoms with E-state index in [1.807, 2.05) is 13.0 Å². The molecule has 0 aliphatic carbocycles. The number of ether oxygens (including phenoxy) is 1. The molecule has 2 heteroatoms. The lowest BCUT2D eigenvalue weighted by atomic mass is 10.4. The van der Waals surface area contributed by atoms with Gasteiger partial charge >= 0.3 is 0 Å². The molecule has 0 amide bonds. The quantitative estimate of drug-likeness (QED) is 0.410. The molecule has 0 atom stereocenters. The maximum Gasteiger partial charge on any atom is 0.298 e.